The molecule has 2 heterocycles. The molecule has 0 aliphatic heterocycles. The fourth-order valence-corrected chi connectivity index (χ4v) is 2.35. The van der Waals surface area contributed by atoms with Gasteiger partial charge in [-0.1, -0.05) is 0 Å². The minimum Gasteiger partial charge on any atom is -0.369 e. The second-order valence-electron chi connectivity index (χ2n) is 4.07. The molecule has 0 saturated carbocycles. The van der Waals surface area contributed by atoms with E-state index in [2.05, 4.69) is 40.6 Å². The Bertz CT molecular complexity index is 531. The predicted molar refractivity (Wildman–Crippen MR) is 73.7 cm³/mol. The van der Waals surface area contributed by atoms with Gasteiger partial charge >= 0.3 is 0 Å². The Balaban J connectivity index is 2.54. The van der Waals surface area contributed by atoms with Crippen LogP contribution in [0.25, 0.3) is 11.3 Å². The minimum atomic E-state index is 0.854. The van der Waals surface area contributed by atoms with E-state index in [1.807, 2.05) is 13.8 Å². The van der Waals surface area contributed by atoms with Crippen molar-refractivity contribution in [1.82, 2.24) is 9.97 Å². The first-order valence-electron chi connectivity index (χ1n) is 5.76. The molecule has 0 fully saturated rings. The molecule has 0 amide bonds. The van der Waals surface area contributed by atoms with Gasteiger partial charge < -0.3 is 5.32 Å². The van der Waals surface area contributed by atoms with Gasteiger partial charge in [0.05, 0.1) is 11.4 Å². The standard InChI is InChI=1S/C13H17N3S/c1-5-14-13-12(11-6-8(2)17-7-11)15-9(3)10(4)16-13/h6-7H,5H2,1-4H3,(H,14,16). The number of thiophene rings is 1. The zero-order chi connectivity index (χ0) is 12.4. The van der Waals surface area contributed by atoms with Gasteiger partial charge in [0.2, 0.25) is 0 Å². The largest absolute Gasteiger partial charge is 0.369 e. The van der Waals surface area contributed by atoms with Crippen LogP contribution in [-0.2, 0) is 0 Å². The molecular weight excluding hydrogens is 230 g/mol. The van der Waals surface area contributed by atoms with Crippen LogP contribution in [0.5, 0.6) is 0 Å². The second kappa shape index (κ2) is 4.84. The van der Waals surface area contributed by atoms with Gasteiger partial charge in [0, 0.05) is 22.4 Å². The lowest BCUT2D eigenvalue weighted by Gasteiger charge is -2.10. The summed E-state index contributed by atoms with van der Waals surface area (Å²) in [5.41, 5.74) is 4.08. The van der Waals surface area contributed by atoms with Crippen LogP contribution in [0.2, 0.25) is 0 Å². The molecule has 1 N–H and O–H groups in total. The molecule has 0 radical (unpaired) electrons. The predicted octanol–water partition coefficient (Wildman–Crippen LogP) is 3.56. The summed E-state index contributed by atoms with van der Waals surface area (Å²) in [4.78, 5) is 10.5. The summed E-state index contributed by atoms with van der Waals surface area (Å²) in [6.45, 7) is 9.02. The van der Waals surface area contributed by atoms with Gasteiger partial charge in [-0.15, -0.1) is 11.3 Å². The van der Waals surface area contributed by atoms with Gasteiger partial charge in [-0.3, -0.25) is 0 Å². The SMILES string of the molecule is CCNc1nc(C)c(C)nc1-c1csc(C)c1. The van der Waals surface area contributed by atoms with Gasteiger partial charge in [0.15, 0.2) is 5.82 Å². The van der Waals surface area contributed by atoms with Crippen LogP contribution in [-0.4, -0.2) is 16.5 Å². The number of rotatable bonds is 3. The Morgan fingerprint density at radius 3 is 2.47 bits per heavy atom. The van der Waals surface area contributed by atoms with Crippen LogP contribution in [0.3, 0.4) is 0 Å². The molecule has 0 aromatic carbocycles. The highest BCUT2D eigenvalue weighted by Crippen LogP contribution is 2.29. The normalized spacial score (nSPS) is 10.6. The molecule has 4 heteroatoms. The topological polar surface area (TPSA) is 37.8 Å². The van der Waals surface area contributed by atoms with Gasteiger partial charge in [0.25, 0.3) is 0 Å². The highest BCUT2D eigenvalue weighted by Gasteiger charge is 2.11. The maximum absolute atomic E-state index is 4.66. The first-order valence-corrected chi connectivity index (χ1v) is 6.64. The molecule has 17 heavy (non-hydrogen) atoms. The Kier molecular flexibility index (Phi) is 3.43. The molecule has 2 rings (SSSR count). The number of nitrogens with one attached hydrogen (secondary N) is 1. The molecular formula is C13H17N3S. The van der Waals surface area contributed by atoms with Crippen molar-refractivity contribution in [1.29, 1.82) is 0 Å². The summed E-state index contributed by atoms with van der Waals surface area (Å²) in [5, 5.41) is 5.42. The molecule has 2 aromatic heterocycles. The van der Waals surface area contributed by atoms with E-state index in [0.29, 0.717) is 0 Å². The summed E-state index contributed by atoms with van der Waals surface area (Å²) in [7, 11) is 0. The first kappa shape index (κ1) is 12.0. The van der Waals surface area contributed by atoms with Crippen molar-refractivity contribution >= 4 is 17.2 Å². The number of aryl methyl sites for hydroxylation is 3. The van der Waals surface area contributed by atoms with Crippen LogP contribution in [0, 0.1) is 20.8 Å². The van der Waals surface area contributed by atoms with Crippen molar-refractivity contribution in [3.63, 3.8) is 0 Å². The minimum absolute atomic E-state index is 0.854. The molecule has 3 nitrogen and oxygen atoms in total. The number of aromatic nitrogens is 2. The third kappa shape index (κ3) is 2.47. The quantitative estimate of drug-likeness (QED) is 0.901. The van der Waals surface area contributed by atoms with Gasteiger partial charge in [-0.2, -0.15) is 0 Å². The summed E-state index contributed by atoms with van der Waals surface area (Å²) < 4.78 is 0. The van der Waals surface area contributed by atoms with Crippen molar-refractivity contribution in [2.45, 2.75) is 27.7 Å². The monoisotopic (exact) mass is 247 g/mol. The first-order chi connectivity index (χ1) is 8.11. The Labute approximate surface area is 106 Å². The van der Waals surface area contributed by atoms with Gasteiger partial charge in [-0.25, -0.2) is 9.97 Å². The Morgan fingerprint density at radius 2 is 1.88 bits per heavy atom. The van der Waals surface area contributed by atoms with Crippen LogP contribution < -0.4 is 5.32 Å². The van der Waals surface area contributed by atoms with E-state index in [-0.39, 0.29) is 0 Å². The third-order valence-electron chi connectivity index (χ3n) is 2.66. The van der Waals surface area contributed by atoms with E-state index in [9.17, 15) is 0 Å². The molecule has 0 unspecified atom stereocenters. The number of hydrogen-bond donors (Lipinski definition) is 1. The zero-order valence-electron chi connectivity index (χ0n) is 10.7. The fourth-order valence-electron chi connectivity index (χ4n) is 1.66. The van der Waals surface area contributed by atoms with Crippen molar-refractivity contribution in [3.8, 4) is 11.3 Å². The molecule has 0 aliphatic carbocycles. The third-order valence-corrected chi connectivity index (χ3v) is 3.52. The average molecular weight is 247 g/mol. The zero-order valence-corrected chi connectivity index (χ0v) is 11.5. The number of anilines is 1. The van der Waals surface area contributed by atoms with Crippen LogP contribution in [0.1, 0.15) is 23.2 Å². The average Bonchev–Trinajstić information content (AvgIpc) is 2.70. The van der Waals surface area contributed by atoms with E-state index >= 15 is 0 Å². The Morgan fingerprint density at radius 1 is 1.18 bits per heavy atom. The molecule has 0 aliphatic rings. The summed E-state index contributed by atoms with van der Waals surface area (Å²) >= 11 is 1.74. The molecule has 90 valence electrons. The van der Waals surface area contributed by atoms with Crippen molar-refractivity contribution in [3.05, 3.63) is 27.7 Å². The van der Waals surface area contributed by atoms with E-state index in [0.717, 1.165) is 35.0 Å². The van der Waals surface area contributed by atoms with Crippen LogP contribution in [0.4, 0.5) is 5.82 Å². The van der Waals surface area contributed by atoms with E-state index in [1.54, 1.807) is 11.3 Å². The van der Waals surface area contributed by atoms with Crippen LogP contribution in [0.15, 0.2) is 11.4 Å². The molecule has 0 atom stereocenters. The van der Waals surface area contributed by atoms with E-state index in [4.69, 9.17) is 0 Å². The maximum atomic E-state index is 4.66. The second-order valence-corrected chi connectivity index (χ2v) is 5.18. The van der Waals surface area contributed by atoms with Gasteiger partial charge in [0.1, 0.15) is 5.69 Å². The molecule has 0 saturated heterocycles. The molecule has 2 aromatic rings. The lowest BCUT2D eigenvalue weighted by atomic mass is 10.2. The molecule has 0 bridgehead atoms. The highest BCUT2D eigenvalue weighted by atomic mass is 32.1. The van der Waals surface area contributed by atoms with Crippen LogP contribution >= 0.6 is 11.3 Å². The lowest BCUT2D eigenvalue weighted by Crippen LogP contribution is -2.05. The maximum Gasteiger partial charge on any atom is 0.152 e. The number of nitrogens with zero attached hydrogens (tertiary/aromatic N) is 2. The summed E-state index contributed by atoms with van der Waals surface area (Å²) in [6, 6.07) is 2.16. The summed E-state index contributed by atoms with van der Waals surface area (Å²) in [5.74, 6) is 0.883. The number of hydrogen-bond acceptors (Lipinski definition) is 4. The van der Waals surface area contributed by atoms with Crippen molar-refractivity contribution in [2.75, 3.05) is 11.9 Å². The van der Waals surface area contributed by atoms with Gasteiger partial charge in [-0.05, 0) is 33.8 Å². The lowest BCUT2D eigenvalue weighted by molar-refractivity contribution is 1.03. The fraction of sp³-hybridized carbons (Fsp3) is 0.385. The van der Waals surface area contributed by atoms with E-state index < -0.39 is 0 Å². The molecule has 0 spiro atoms. The highest BCUT2D eigenvalue weighted by molar-refractivity contribution is 7.10. The van der Waals surface area contributed by atoms with Crippen molar-refractivity contribution in [2.24, 2.45) is 0 Å². The Hall–Kier alpha value is -1.42. The van der Waals surface area contributed by atoms with E-state index in [1.165, 1.54) is 4.88 Å². The smallest absolute Gasteiger partial charge is 0.152 e. The van der Waals surface area contributed by atoms with Crippen molar-refractivity contribution < 1.29 is 0 Å². The summed E-state index contributed by atoms with van der Waals surface area (Å²) in [6.07, 6.45) is 0.